The van der Waals surface area contributed by atoms with Gasteiger partial charge in [0.1, 0.15) is 11.4 Å². The molecule has 90 valence electrons. The van der Waals surface area contributed by atoms with E-state index in [1.54, 1.807) is 0 Å². The van der Waals surface area contributed by atoms with Gasteiger partial charge in [-0.05, 0) is 43.7 Å². The maximum Gasteiger partial charge on any atom is 0.170 e. The lowest BCUT2D eigenvalue weighted by atomic mass is 9.81. The highest BCUT2D eigenvalue weighted by atomic mass is 16.5. The van der Waals surface area contributed by atoms with Crippen molar-refractivity contribution in [1.29, 1.82) is 0 Å². The van der Waals surface area contributed by atoms with Crippen molar-refractivity contribution in [3.63, 3.8) is 0 Å². The topological polar surface area (TPSA) is 26.3 Å². The molecule has 0 saturated heterocycles. The Morgan fingerprint density at radius 3 is 3.06 bits per heavy atom. The fourth-order valence-electron chi connectivity index (χ4n) is 3.47. The molecule has 0 radical (unpaired) electrons. The van der Waals surface area contributed by atoms with E-state index in [9.17, 15) is 4.79 Å². The Hall–Kier alpha value is -1.31. The second-order valence-electron chi connectivity index (χ2n) is 5.26. The van der Waals surface area contributed by atoms with Gasteiger partial charge in [-0.1, -0.05) is 19.1 Å². The maximum atomic E-state index is 12.2. The summed E-state index contributed by atoms with van der Waals surface area (Å²) >= 11 is 0. The predicted octanol–water partition coefficient (Wildman–Crippen LogP) is 3.60. The van der Waals surface area contributed by atoms with Crippen LogP contribution in [0.15, 0.2) is 24.3 Å². The van der Waals surface area contributed by atoms with Crippen LogP contribution < -0.4 is 4.74 Å². The van der Waals surface area contributed by atoms with Crippen LogP contribution in [-0.4, -0.2) is 11.4 Å². The number of Topliss-reactive ketones (excluding diaryl/α,β-unsaturated/α-hetero) is 1. The zero-order chi connectivity index (χ0) is 11.9. The highest BCUT2D eigenvalue weighted by Crippen LogP contribution is 2.47. The van der Waals surface area contributed by atoms with Crippen LogP contribution in [0, 0.1) is 5.92 Å². The lowest BCUT2D eigenvalue weighted by molar-refractivity contribution is 0.0113. The summed E-state index contributed by atoms with van der Waals surface area (Å²) in [7, 11) is 0. The number of hydrogen-bond acceptors (Lipinski definition) is 2. The Balaban J connectivity index is 2.00. The summed E-state index contributed by atoms with van der Waals surface area (Å²) in [5.41, 5.74) is 0.570. The van der Waals surface area contributed by atoms with Crippen LogP contribution in [0.2, 0.25) is 0 Å². The van der Waals surface area contributed by atoms with Gasteiger partial charge in [-0.25, -0.2) is 0 Å². The molecule has 1 spiro atoms. The van der Waals surface area contributed by atoms with Crippen LogP contribution in [0.25, 0.3) is 0 Å². The van der Waals surface area contributed by atoms with Gasteiger partial charge in [-0.2, -0.15) is 0 Å². The molecule has 0 bridgehead atoms. The number of carbonyl (C=O) groups excluding carboxylic acids is 1. The summed E-state index contributed by atoms with van der Waals surface area (Å²) in [4.78, 5) is 12.2. The van der Waals surface area contributed by atoms with E-state index >= 15 is 0 Å². The predicted molar refractivity (Wildman–Crippen MR) is 66.4 cm³/mol. The molecular formula is C15H18O2. The molecule has 0 amide bonds. The number of carbonyl (C=O) groups is 1. The third-order valence-corrected chi connectivity index (χ3v) is 4.35. The highest BCUT2D eigenvalue weighted by Gasteiger charge is 2.48. The summed E-state index contributed by atoms with van der Waals surface area (Å²) in [5, 5.41) is 0. The van der Waals surface area contributed by atoms with Crippen LogP contribution in [0.1, 0.15) is 49.4 Å². The van der Waals surface area contributed by atoms with Gasteiger partial charge in [0.2, 0.25) is 0 Å². The highest BCUT2D eigenvalue weighted by molar-refractivity contribution is 6.00. The average molecular weight is 230 g/mol. The summed E-state index contributed by atoms with van der Waals surface area (Å²) in [6, 6.07) is 7.66. The first-order chi connectivity index (χ1) is 8.25. The third kappa shape index (κ3) is 1.58. The van der Waals surface area contributed by atoms with E-state index in [1.807, 2.05) is 24.3 Å². The Bertz CT molecular complexity index is 452. The molecule has 3 rings (SSSR count). The van der Waals surface area contributed by atoms with E-state index < -0.39 is 0 Å². The van der Waals surface area contributed by atoms with Crippen LogP contribution in [0.3, 0.4) is 0 Å². The van der Waals surface area contributed by atoms with Crippen LogP contribution >= 0.6 is 0 Å². The maximum absolute atomic E-state index is 12.2. The number of benzene rings is 1. The fourth-order valence-corrected chi connectivity index (χ4v) is 3.47. The molecule has 17 heavy (non-hydrogen) atoms. The molecular weight excluding hydrogens is 212 g/mol. The van der Waals surface area contributed by atoms with Crippen molar-refractivity contribution >= 4 is 5.78 Å². The minimum absolute atomic E-state index is 0.194. The van der Waals surface area contributed by atoms with E-state index in [1.165, 1.54) is 12.8 Å². The van der Waals surface area contributed by atoms with E-state index in [2.05, 4.69) is 6.92 Å². The molecule has 2 aliphatic rings. The smallest absolute Gasteiger partial charge is 0.170 e. The Kier molecular flexibility index (Phi) is 2.46. The molecule has 1 aromatic rings. The van der Waals surface area contributed by atoms with Crippen molar-refractivity contribution in [3.8, 4) is 5.75 Å². The van der Waals surface area contributed by atoms with Gasteiger partial charge in [0.25, 0.3) is 0 Å². The summed E-state index contributed by atoms with van der Waals surface area (Å²) in [6.45, 7) is 2.20. The van der Waals surface area contributed by atoms with Gasteiger partial charge >= 0.3 is 0 Å². The molecule has 1 aliphatic heterocycles. The fraction of sp³-hybridized carbons (Fsp3) is 0.533. The van der Waals surface area contributed by atoms with Crippen molar-refractivity contribution in [2.75, 3.05) is 0 Å². The van der Waals surface area contributed by atoms with Crippen LogP contribution in [-0.2, 0) is 0 Å². The number of para-hydroxylation sites is 1. The quantitative estimate of drug-likeness (QED) is 0.736. The lowest BCUT2D eigenvalue weighted by Gasteiger charge is -2.39. The minimum Gasteiger partial charge on any atom is -0.486 e. The van der Waals surface area contributed by atoms with Crippen molar-refractivity contribution in [3.05, 3.63) is 29.8 Å². The second kappa shape index (κ2) is 3.86. The molecule has 2 atom stereocenters. The van der Waals surface area contributed by atoms with Crippen molar-refractivity contribution in [1.82, 2.24) is 0 Å². The number of hydrogen-bond donors (Lipinski definition) is 0. The number of rotatable bonds is 1. The Morgan fingerprint density at radius 1 is 1.41 bits per heavy atom. The number of ether oxygens (including phenoxy) is 1. The number of ketones is 1. The van der Waals surface area contributed by atoms with Gasteiger partial charge in [0.15, 0.2) is 5.78 Å². The third-order valence-electron chi connectivity index (χ3n) is 4.35. The van der Waals surface area contributed by atoms with E-state index in [-0.39, 0.29) is 11.4 Å². The molecule has 1 fully saturated rings. The molecule has 1 aliphatic carbocycles. The van der Waals surface area contributed by atoms with Gasteiger partial charge < -0.3 is 4.74 Å². The monoisotopic (exact) mass is 230 g/mol. The van der Waals surface area contributed by atoms with Crippen molar-refractivity contribution < 1.29 is 9.53 Å². The second-order valence-corrected chi connectivity index (χ2v) is 5.26. The van der Waals surface area contributed by atoms with Gasteiger partial charge in [0, 0.05) is 0 Å². The Morgan fingerprint density at radius 2 is 2.24 bits per heavy atom. The zero-order valence-corrected chi connectivity index (χ0v) is 10.2. The number of fused-ring (bicyclic) bond motifs is 1. The molecule has 2 heteroatoms. The van der Waals surface area contributed by atoms with Crippen LogP contribution in [0.5, 0.6) is 5.75 Å². The molecule has 1 heterocycles. The van der Waals surface area contributed by atoms with E-state index in [0.29, 0.717) is 12.3 Å². The Labute approximate surface area is 102 Å². The largest absolute Gasteiger partial charge is 0.486 e. The average Bonchev–Trinajstić information content (AvgIpc) is 2.71. The molecule has 1 saturated carbocycles. The SMILES string of the molecule is CCC1CCCC12CC(=O)c1ccccc1O2. The van der Waals surface area contributed by atoms with Gasteiger partial charge in [-0.15, -0.1) is 0 Å². The van der Waals surface area contributed by atoms with Crippen LogP contribution in [0.4, 0.5) is 0 Å². The first-order valence-corrected chi connectivity index (χ1v) is 6.56. The molecule has 1 aromatic carbocycles. The first kappa shape index (κ1) is 10.8. The van der Waals surface area contributed by atoms with Gasteiger partial charge in [0.05, 0.1) is 12.0 Å². The zero-order valence-electron chi connectivity index (χ0n) is 10.2. The van der Waals surface area contributed by atoms with E-state index in [0.717, 1.165) is 24.2 Å². The minimum atomic E-state index is -0.194. The van der Waals surface area contributed by atoms with Crippen molar-refractivity contribution in [2.24, 2.45) is 5.92 Å². The molecule has 0 aromatic heterocycles. The summed E-state index contributed by atoms with van der Waals surface area (Å²) in [5.74, 6) is 1.59. The summed E-state index contributed by atoms with van der Waals surface area (Å²) < 4.78 is 6.23. The van der Waals surface area contributed by atoms with E-state index in [4.69, 9.17) is 4.74 Å². The molecule has 2 nitrogen and oxygen atoms in total. The standard InChI is InChI=1S/C15H18O2/c1-2-11-6-5-9-15(11)10-13(16)12-7-3-4-8-14(12)17-15/h3-4,7-8,11H,2,5-6,9-10H2,1H3. The van der Waals surface area contributed by atoms with Gasteiger partial charge in [-0.3, -0.25) is 4.79 Å². The normalized spacial score (nSPS) is 31.4. The molecule has 0 N–H and O–H groups in total. The lowest BCUT2D eigenvalue weighted by Crippen LogP contribution is -2.44. The van der Waals surface area contributed by atoms with Crippen molar-refractivity contribution in [2.45, 2.75) is 44.6 Å². The first-order valence-electron chi connectivity index (χ1n) is 6.56. The summed E-state index contributed by atoms with van der Waals surface area (Å²) in [6.07, 6.45) is 5.10. The molecule has 2 unspecified atom stereocenters.